The van der Waals surface area contributed by atoms with E-state index in [1.54, 1.807) is 32.0 Å². The lowest BCUT2D eigenvalue weighted by Gasteiger charge is -2.21. The lowest BCUT2D eigenvalue weighted by molar-refractivity contribution is -0.384. The van der Waals surface area contributed by atoms with Gasteiger partial charge >= 0.3 is 5.97 Å². The monoisotopic (exact) mass is 491 g/mol. The minimum absolute atomic E-state index is 0.0779. The van der Waals surface area contributed by atoms with Gasteiger partial charge in [0.25, 0.3) is 23.4 Å². The lowest BCUT2D eigenvalue weighted by Crippen LogP contribution is -2.46. The van der Waals surface area contributed by atoms with Gasteiger partial charge in [-0.1, -0.05) is 37.6 Å². The third-order valence-electron chi connectivity index (χ3n) is 4.57. The second kappa shape index (κ2) is 11.8. The quantitative estimate of drug-likeness (QED) is 0.308. The molecule has 0 saturated carbocycles. The van der Waals surface area contributed by atoms with Gasteiger partial charge in [-0.05, 0) is 24.1 Å². The van der Waals surface area contributed by atoms with E-state index in [0.717, 1.165) is 18.2 Å². The van der Waals surface area contributed by atoms with Crippen molar-refractivity contribution in [3.63, 3.8) is 0 Å². The molecule has 0 bridgehead atoms. The van der Waals surface area contributed by atoms with Crippen LogP contribution in [0.2, 0.25) is 5.02 Å². The summed E-state index contributed by atoms with van der Waals surface area (Å²) in [5.74, 6) is -3.46. The molecule has 0 spiro atoms. The second-order valence-electron chi connectivity index (χ2n) is 7.30. The Hall–Kier alpha value is -3.99. The number of methoxy groups -OCH3 is 1. The Morgan fingerprint density at radius 2 is 1.74 bits per heavy atom. The number of nitrogens with one attached hydrogen (secondary N) is 2. The molecule has 0 aliphatic carbocycles. The number of para-hydroxylation sites is 1. The maximum absolute atomic E-state index is 12.6. The summed E-state index contributed by atoms with van der Waals surface area (Å²) in [5, 5.41) is 15.2. The molecule has 0 radical (unpaired) electrons. The van der Waals surface area contributed by atoms with Crippen molar-refractivity contribution >= 4 is 41.0 Å². The number of non-ortho nitro benzene ring substituents is 1. The number of nitro benzene ring substituents is 1. The van der Waals surface area contributed by atoms with Gasteiger partial charge in [0.1, 0.15) is 11.8 Å². The Balaban J connectivity index is 1.99. The van der Waals surface area contributed by atoms with Gasteiger partial charge in [-0.2, -0.15) is 0 Å². The van der Waals surface area contributed by atoms with Gasteiger partial charge in [-0.25, -0.2) is 4.79 Å². The van der Waals surface area contributed by atoms with Crippen molar-refractivity contribution in [2.24, 2.45) is 5.92 Å². The molecule has 0 fully saturated rings. The largest absolute Gasteiger partial charge is 0.496 e. The van der Waals surface area contributed by atoms with Crippen molar-refractivity contribution in [3.05, 3.63) is 68.7 Å². The van der Waals surface area contributed by atoms with Crippen molar-refractivity contribution in [2.45, 2.75) is 19.9 Å². The third-order valence-corrected chi connectivity index (χ3v) is 4.88. The SMILES string of the molecule is COc1ccccc1C(=O)NC(=O)COC(=O)[C@@H](NC(=O)c1ccc([N+](=O)[O-])cc1Cl)C(C)C. The Labute approximate surface area is 199 Å². The van der Waals surface area contributed by atoms with Crippen LogP contribution in [0.3, 0.4) is 0 Å². The van der Waals surface area contributed by atoms with Gasteiger partial charge in [-0.3, -0.25) is 29.8 Å². The van der Waals surface area contributed by atoms with Crippen LogP contribution in [0.15, 0.2) is 42.5 Å². The highest BCUT2D eigenvalue weighted by atomic mass is 35.5. The molecule has 0 aliphatic rings. The topological polar surface area (TPSA) is 154 Å². The van der Waals surface area contributed by atoms with Crippen molar-refractivity contribution in [1.82, 2.24) is 10.6 Å². The standard InChI is InChI=1S/C22H22ClN3O8/c1-12(2)19(25-20(28)14-9-8-13(26(31)32)10-16(14)23)22(30)34-11-18(27)24-21(29)15-6-4-5-7-17(15)33-3/h4-10,12,19H,11H2,1-3H3,(H,25,28)(H,24,27,29)/t19-/m0/s1. The molecule has 12 heteroatoms. The van der Waals surface area contributed by atoms with Crippen LogP contribution in [0, 0.1) is 16.0 Å². The van der Waals surface area contributed by atoms with E-state index in [-0.39, 0.29) is 27.6 Å². The van der Waals surface area contributed by atoms with Crippen LogP contribution < -0.4 is 15.4 Å². The predicted molar refractivity (Wildman–Crippen MR) is 121 cm³/mol. The predicted octanol–water partition coefficient (Wildman–Crippen LogP) is 2.51. The number of hydrogen-bond acceptors (Lipinski definition) is 8. The van der Waals surface area contributed by atoms with E-state index in [0.29, 0.717) is 0 Å². The summed E-state index contributed by atoms with van der Waals surface area (Å²) in [5.41, 5.74) is -0.252. The molecule has 0 heterocycles. The minimum Gasteiger partial charge on any atom is -0.496 e. The zero-order chi connectivity index (χ0) is 25.4. The number of carbonyl (C=O) groups is 4. The lowest BCUT2D eigenvalue weighted by atomic mass is 10.0. The van der Waals surface area contributed by atoms with Gasteiger partial charge in [0.15, 0.2) is 6.61 Å². The number of halogens is 1. The molecule has 2 aromatic carbocycles. The minimum atomic E-state index is -1.16. The molecule has 11 nitrogen and oxygen atoms in total. The molecule has 2 aromatic rings. The second-order valence-corrected chi connectivity index (χ2v) is 7.71. The summed E-state index contributed by atoms with van der Waals surface area (Å²) in [6, 6.07) is 8.38. The highest BCUT2D eigenvalue weighted by Crippen LogP contribution is 2.23. The first kappa shape index (κ1) is 26.3. The average molecular weight is 492 g/mol. The van der Waals surface area contributed by atoms with Gasteiger partial charge < -0.3 is 14.8 Å². The molecule has 3 amide bonds. The van der Waals surface area contributed by atoms with Crippen molar-refractivity contribution < 1.29 is 33.6 Å². The normalized spacial score (nSPS) is 11.3. The van der Waals surface area contributed by atoms with Crippen LogP contribution in [0.25, 0.3) is 0 Å². The zero-order valence-corrected chi connectivity index (χ0v) is 19.3. The van der Waals surface area contributed by atoms with Crippen LogP contribution in [-0.4, -0.2) is 48.4 Å². The van der Waals surface area contributed by atoms with Crippen LogP contribution in [-0.2, 0) is 14.3 Å². The number of carbonyl (C=O) groups excluding carboxylic acids is 4. The molecule has 0 unspecified atom stereocenters. The highest BCUT2D eigenvalue weighted by Gasteiger charge is 2.28. The van der Waals surface area contributed by atoms with E-state index in [4.69, 9.17) is 21.1 Å². The fourth-order valence-electron chi connectivity index (χ4n) is 2.81. The Morgan fingerprint density at radius 1 is 1.06 bits per heavy atom. The average Bonchev–Trinajstić information content (AvgIpc) is 2.80. The van der Waals surface area contributed by atoms with Gasteiger partial charge in [0.2, 0.25) is 0 Å². The van der Waals surface area contributed by atoms with Crippen molar-refractivity contribution in [3.8, 4) is 5.75 Å². The Kier molecular flexibility index (Phi) is 9.08. The van der Waals surface area contributed by atoms with Crippen LogP contribution >= 0.6 is 11.6 Å². The summed E-state index contributed by atoms with van der Waals surface area (Å²) in [6.45, 7) is 2.50. The Bertz CT molecular complexity index is 1120. The van der Waals surface area contributed by atoms with E-state index in [2.05, 4.69) is 10.6 Å². The first-order valence-electron chi connectivity index (χ1n) is 9.93. The van der Waals surface area contributed by atoms with Crippen molar-refractivity contribution in [2.75, 3.05) is 13.7 Å². The molecule has 2 N–H and O–H groups in total. The molecular formula is C22H22ClN3O8. The fourth-order valence-corrected chi connectivity index (χ4v) is 3.07. The smallest absolute Gasteiger partial charge is 0.329 e. The Morgan fingerprint density at radius 3 is 2.32 bits per heavy atom. The van der Waals surface area contributed by atoms with Crippen molar-refractivity contribution in [1.29, 1.82) is 0 Å². The molecule has 1 atom stereocenters. The number of nitrogens with zero attached hydrogens (tertiary/aromatic N) is 1. The number of ether oxygens (including phenoxy) is 2. The fraction of sp³-hybridized carbons (Fsp3) is 0.273. The summed E-state index contributed by atoms with van der Waals surface area (Å²) in [6.07, 6.45) is 0. The first-order chi connectivity index (χ1) is 16.0. The van der Waals surface area contributed by atoms with Gasteiger partial charge in [0.05, 0.1) is 28.2 Å². The highest BCUT2D eigenvalue weighted by molar-refractivity contribution is 6.34. The molecule has 180 valence electrons. The molecule has 0 saturated heterocycles. The third kappa shape index (κ3) is 6.75. The summed E-state index contributed by atoms with van der Waals surface area (Å²) in [4.78, 5) is 59.6. The molecule has 0 aliphatic heterocycles. The summed E-state index contributed by atoms with van der Waals surface area (Å²) < 4.78 is 10.0. The molecular weight excluding hydrogens is 470 g/mol. The zero-order valence-electron chi connectivity index (χ0n) is 18.5. The van der Waals surface area contributed by atoms with Crippen LogP contribution in [0.1, 0.15) is 34.6 Å². The van der Waals surface area contributed by atoms with E-state index in [1.165, 1.54) is 13.2 Å². The first-order valence-corrected chi connectivity index (χ1v) is 10.3. The van der Waals surface area contributed by atoms with Gasteiger partial charge in [0, 0.05) is 12.1 Å². The van der Waals surface area contributed by atoms with E-state index in [1.807, 2.05) is 0 Å². The number of imide groups is 1. The number of hydrogen-bond donors (Lipinski definition) is 2. The maximum Gasteiger partial charge on any atom is 0.329 e. The van der Waals surface area contributed by atoms with Crippen LogP contribution in [0.4, 0.5) is 5.69 Å². The van der Waals surface area contributed by atoms with E-state index in [9.17, 15) is 29.3 Å². The van der Waals surface area contributed by atoms with Crippen LogP contribution in [0.5, 0.6) is 5.75 Å². The van der Waals surface area contributed by atoms with Gasteiger partial charge in [-0.15, -0.1) is 0 Å². The summed E-state index contributed by atoms with van der Waals surface area (Å²) >= 11 is 5.96. The number of rotatable bonds is 9. The number of benzene rings is 2. The molecule has 0 aromatic heterocycles. The van der Waals surface area contributed by atoms with E-state index >= 15 is 0 Å². The van der Waals surface area contributed by atoms with E-state index < -0.39 is 47.2 Å². The maximum atomic E-state index is 12.6. The molecule has 2 rings (SSSR count). The number of esters is 1. The molecule has 34 heavy (non-hydrogen) atoms. The summed E-state index contributed by atoms with van der Waals surface area (Å²) in [7, 11) is 1.37. The number of amides is 3. The number of nitro groups is 1.